The van der Waals surface area contributed by atoms with Crippen molar-refractivity contribution < 1.29 is 0 Å². The first-order valence-corrected chi connectivity index (χ1v) is 6.07. The van der Waals surface area contributed by atoms with Gasteiger partial charge in [0.25, 0.3) is 0 Å². The molecule has 2 N–H and O–H groups in total. The molecular formula is C11H9Cl2NS. The zero-order valence-electron chi connectivity index (χ0n) is 7.84. The second kappa shape index (κ2) is 4.54. The number of benzene rings is 1. The van der Waals surface area contributed by atoms with E-state index < -0.39 is 0 Å². The average molecular weight is 258 g/mol. The minimum absolute atomic E-state index is 0.565. The monoisotopic (exact) mass is 257 g/mol. The maximum Gasteiger partial charge on any atom is 0.0499 e. The Morgan fingerprint density at radius 2 is 2.00 bits per heavy atom. The molecule has 2 rings (SSSR count). The van der Waals surface area contributed by atoms with Crippen LogP contribution in [0.1, 0.15) is 4.88 Å². The lowest BCUT2D eigenvalue weighted by Gasteiger charge is -2.01. The molecule has 1 aromatic heterocycles. The summed E-state index contributed by atoms with van der Waals surface area (Å²) in [6.07, 6.45) is 0. The highest BCUT2D eigenvalue weighted by molar-refractivity contribution is 7.10. The summed E-state index contributed by atoms with van der Waals surface area (Å²) >= 11 is 13.6. The van der Waals surface area contributed by atoms with E-state index in [1.165, 1.54) is 0 Å². The molecule has 0 saturated carbocycles. The van der Waals surface area contributed by atoms with Crippen molar-refractivity contribution in [2.75, 3.05) is 0 Å². The van der Waals surface area contributed by atoms with Gasteiger partial charge in [-0.3, -0.25) is 0 Å². The summed E-state index contributed by atoms with van der Waals surface area (Å²) in [5.74, 6) is 0. The molecule has 2 aromatic rings. The van der Waals surface area contributed by atoms with Gasteiger partial charge in [0.1, 0.15) is 0 Å². The van der Waals surface area contributed by atoms with Gasteiger partial charge in [0, 0.05) is 27.0 Å². The SMILES string of the molecule is NCc1cc(-c2ccc(Cl)cc2Cl)cs1. The Bertz CT molecular complexity index is 479. The van der Waals surface area contributed by atoms with Crippen LogP contribution in [0.2, 0.25) is 10.0 Å². The lowest BCUT2D eigenvalue weighted by molar-refractivity contribution is 1.11. The highest BCUT2D eigenvalue weighted by atomic mass is 35.5. The van der Waals surface area contributed by atoms with E-state index in [0.717, 1.165) is 16.0 Å². The van der Waals surface area contributed by atoms with Gasteiger partial charge < -0.3 is 5.73 Å². The van der Waals surface area contributed by atoms with Crippen molar-refractivity contribution in [2.45, 2.75) is 6.54 Å². The molecule has 0 fully saturated rings. The van der Waals surface area contributed by atoms with E-state index in [4.69, 9.17) is 28.9 Å². The van der Waals surface area contributed by atoms with Gasteiger partial charge in [-0.05, 0) is 29.1 Å². The third-order valence-corrected chi connectivity index (χ3v) is 3.60. The topological polar surface area (TPSA) is 26.0 Å². The van der Waals surface area contributed by atoms with Crippen LogP contribution >= 0.6 is 34.5 Å². The molecule has 0 saturated heterocycles. The summed E-state index contributed by atoms with van der Waals surface area (Å²) in [5, 5.41) is 3.37. The Kier molecular flexibility index (Phi) is 3.32. The Morgan fingerprint density at radius 1 is 1.20 bits per heavy atom. The van der Waals surface area contributed by atoms with Gasteiger partial charge in [0.2, 0.25) is 0 Å². The zero-order valence-corrected chi connectivity index (χ0v) is 10.2. The number of hydrogen-bond acceptors (Lipinski definition) is 2. The molecule has 0 unspecified atom stereocenters. The Morgan fingerprint density at radius 3 is 2.60 bits per heavy atom. The van der Waals surface area contributed by atoms with Crippen LogP contribution in [0, 0.1) is 0 Å². The number of thiophene rings is 1. The van der Waals surface area contributed by atoms with Crippen molar-refractivity contribution in [3.63, 3.8) is 0 Å². The van der Waals surface area contributed by atoms with Crippen LogP contribution in [0.5, 0.6) is 0 Å². The number of hydrogen-bond donors (Lipinski definition) is 1. The molecule has 1 heterocycles. The Balaban J connectivity index is 2.44. The third kappa shape index (κ3) is 2.34. The molecule has 0 aliphatic rings. The average Bonchev–Trinajstić information content (AvgIpc) is 2.66. The molecule has 0 aliphatic carbocycles. The summed E-state index contributed by atoms with van der Waals surface area (Å²) in [5.41, 5.74) is 7.66. The van der Waals surface area contributed by atoms with Crippen molar-refractivity contribution >= 4 is 34.5 Å². The summed E-state index contributed by atoms with van der Waals surface area (Å²) < 4.78 is 0. The molecular weight excluding hydrogens is 249 g/mol. The van der Waals surface area contributed by atoms with Crippen LogP contribution < -0.4 is 5.73 Å². The molecule has 1 nitrogen and oxygen atoms in total. The van der Waals surface area contributed by atoms with Gasteiger partial charge in [-0.15, -0.1) is 11.3 Å². The van der Waals surface area contributed by atoms with Crippen molar-refractivity contribution in [2.24, 2.45) is 5.73 Å². The molecule has 0 amide bonds. The van der Waals surface area contributed by atoms with Crippen LogP contribution in [0.3, 0.4) is 0 Å². The van der Waals surface area contributed by atoms with E-state index in [2.05, 4.69) is 11.4 Å². The second-order valence-electron chi connectivity index (χ2n) is 3.13. The maximum atomic E-state index is 6.11. The fraction of sp³-hybridized carbons (Fsp3) is 0.0909. The molecule has 0 spiro atoms. The Hall–Kier alpha value is -0.540. The van der Waals surface area contributed by atoms with Gasteiger partial charge in [-0.1, -0.05) is 29.3 Å². The summed E-state index contributed by atoms with van der Waals surface area (Å²) in [6, 6.07) is 7.56. The predicted octanol–water partition coefficient (Wildman–Crippen LogP) is 4.18. The number of nitrogens with two attached hydrogens (primary N) is 1. The van der Waals surface area contributed by atoms with Crippen LogP contribution in [-0.4, -0.2) is 0 Å². The van der Waals surface area contributed by atoms with Crippen LogP contribution in [0.15, 0.2) is 29.6 Å². The molecule has 1 aromatic carbocycles. The minimum Gasteiger partial charge on any atom is -0.326 e. The normalized spacial score (nSPS) is 10.6. The molecule has 0 radical (unpaired) electrons. The minimum atomic E-state index is 0.565. The zero-order chi connectivity index (χ0) is 10.8. The fourth-order valence-electron chi connectivity index (χ4n) is 1.35. The lowest BCUT2D eigenvalue weighted by atomic mass is 10.1. The van der Waals surface area contributed by atoms with E-state index in [0.29, 0.717) is 16.6 Å². The molecule has 0 bridgehead atoms. The fourth-order valence-corrected chi connectivity index (χ4v) is 2.63. The standard InChI is InChI=1S/C11H9Cl2NS/c12-8-1-2-10(11(13)4-8)7-3-9(5-14)15-6-7/h1-4,6H,5,14H2. The van der Waals surface area contributed by atoms with E-state index >= 15 is 0 Å². The van der Waals surface area contributed by atoms with Gasteiger partial charge in [-0.2, -0.15) is 0 Å². The molecule has 0 atom stereocenters. The Labute approximate surface area is 102 Å². The summed E-state index contributed by atoms with van der Waals surface area (Å²) in [7, 11) is 0. The van der Waals surface area contributed by atoms with Crippen LogP contribution in [0.4, 0.5) is 0 Å². The first-order valence-electron chi connectivity index (χ1n) is 4.43. The smallest absolute Gasteiger partial charge is 0.0499 e. The second-order valence-corrected chi connectivity index (χ2v) is 4.97. The first-order chi connectivity index (χ1) is 7.20. The van der Waals surface area contributed by atoms with Gasteiger partial charge in [0.15, 0.2) is 0 Å². The lowest BCUT2D eigenvalue weighted by Crippen LogP contribution is -1.91. The number of halogens is 2. The van der Waals surface area contributed by atoms with E-state index in [-0.39, 0.29) is 0 Å². The number of rotatable bonds is 2. The van der Waals surface area contributed by atoms with Gasteiger partial charge in [0.05, 0.1) is 0 Å². The molecule has 78 valence electrons. The molecule has 0 aliphatic heterocycles. The largest absolute Gasteiger partial charge is 0.326 e. The first kappa shape index (κ1) is 11.0. The van der Waals surface area contributed by atoms with E-state index in [9.17, 15) is 0 Å². The van der Waals surface area contributed by atoms with Crippen molar-refractivity contribution in [3.05, 3.63) is 44.6 Å². The van der Waals surface area contributed by atoms with Crippen molar-refractivity contribution in [1.82, 2.24) is 0 Å². The predicted molar refractivity (Wildman–Crippen MR) is 67.7 cm³/mol. The molecule has 4 heteroatoms. The van der Waals surface area contributed by atoms with Gasteiger partial charge in [-0.25, -0.2) is 0 Å². The summed E-state index contributed by atoms with van der Waals surface area (Å²) in [4.78, 5) is 1.15. The van der Waals surface area contributed by atoms with Crippen LogP contribution in [-0.2, 0) is 6.54 Å². The highest BCUT2D eigenvalue weighted by Gasteiger charge is 2.06. The quantitative estimate of drug-likeness (QED) is 0.859. The van der Waals surface area contributed by atoms with E-state index in [1.54, 1.807) is 17.4 Å². The maximum absolute atomic E-state index is 6.11. The highest BCUT2D eigenvalue weighted by Crippen LogP contribution is 2.32. The summed E-state index contributed by atoms with van der Waals surface area (Å²) in [6.45, 7) is 0.565. The van der Waals surface area contributed by atoms with Crippen molar-refractivity contribution in [1.29, 1.82) is 0 Å². The third-order valence-electron chi connectivity index (χ3n) is 2.10. The van der Waals surface area contributed by atoms with Crippen LogP contribution in [0.25, 0.3) is 11.1 Å². The van der Waals surface area contributed by atoms with Crippen molar-refractivity contribution in [3.8, 4) is 11.1 Å². The van der Waals surface area contributed by atoms with E-state index in [1.807, 2.05) is 12.1 Å². The van der Waals surface area contributed by atoms with Gasteiger partial charge >= 0.3 is 0 Å². The molecule has 15 heavy (non-hydrogen) atoms.